The van der Waals surface area contributed by atoms with Crippen LogP contribution in [0.2, 0.25) is 0 Å². The van der Waals surface area contributed by atoms with E-state index in [1.165, 1.54) is 151 Å². The third-order valence-corrected chi connectivity index (χ3v) is 11.1. The summed E-state index contributed by atoms with van der Waals surface area (Å²) in [4.78, 5) is 10.5. The molecule has 242 valence electrons. The van der Waals surface area contributed by atoms with Crippen molar-refractivity contribution in [3.8, 4) is 11.1 Å². The van der Waals surface area contributed by atoms with Crippen LogP contribution in [0.4, 0.5) is 11.4 Å². The summed E-state index contributed by atoms with van der Waals surface area (Å²) >= 11 is 0. The van der Waals surface area contributed by atoms with Crippen LogP contribution in [-0.4, -0.2) is 36.1 Å². The molecule has 0 atom stereocenters. The van der Waals surface area contributed by atoms with Gasteiger partial charge in [-0.3, -0.25) is 0 Å². The van der Waals surface area contributed by atoms with Crippen LogP contribution >= 0.6 is 0 Å². The van der Waals surface area contributed by atoms with Crippen molar-refractivity contribution in [1.29, 1.82) is 0 Å². The van der Waals surface area contributed by atoms with E-state index in [2.05, 4.69) is 57.7 Å². The van der Waals surface area contributed by atoms with Crippen molar-refractivity contribution in [2.45, 2.75) is 159 Å². The lowest BCUT2D eigenvalue weighted by molar-refractivity contribution is 0.408. The maximum atomic E-state index is 5.25. The fourth-order valence-corrected chi connectivity index (χ4v) is 8.52. The van der Waals surface area contributed by atoms with Gasteiger partial charge in [0, 0.05) is 23.5 Å². The SMILES string of the molecule is c1cc2c(cc1NC(=NC1CCCCC1)NC1CCCCC1)Cc1cc(NC(=NC3CCCCC3)NC3CCCCC3)ccc1-2. The summed E-state index contributed by atoms with van der Waals surface area (Å²) in [5.41, 5.74) is 7.83. The van der Waals surface area contributed by atoms with Gasteiger partial charge in [0.05, 0.1) is 12.1 Å². The van der Waals surface area contributed by atoms with Gasteiger partial charge in [-0.05, 0) is 104 Å². The topological polar surface area (TPSA) is 72.8 Å². The highest BCUT2D eigenvalue weighted by molar-refractivity contribution is 5.96. The number of hydrogen-bond donors (Lipinski definition) is 4. The van der Waals surface area contributed by atoms with E-state index in [9.17, 15) is 0 Å². The molecule has 0 aliphatic heterocycles. The average Bonchev–Trinajstić information content (AvgIpc) is 3.43. The number of rotatable bonds is 6. The highest BCUT2D eigenvalue weighted by Crippen LogP contribution is 2.39. The van der Waals surface area contributed by atoms with Crippen molar-refractivity contribution < 1.29 is 0 Å². The molecule has 2 aromatic carbocycles. The molecule has 0 unspecified atom stereocenters. The van der Waals surface area contributed by atoms with Crippen molar-refractivity contribution in [2.75, 3.05) is 10.6 Å². The quantitative estimate of drug-likeness (QED) is 0.166. The Bertz CT molecular complexity index is 1220. The lowest BCUT2D eigenvalue weighted by Crippen LogP contribution is -2.41. The first-order chi connectivity index (χ1) is 22.2. The molecule has 7 rings (SSSR count). The van der Waals surface area contributed by atoms with Gasteiger partial charge in [-0.15, -0.1) is 0 Å². The molecule has 4 N–H and O–H groups in total. The molecular formula is C39H56N6. The third kappa shape index (κ3) is 8.23. The van der Waals surface area contributed by atoms with Gasteiger partial charge in [-0.2, -0.15) is 0 Å². The highest BCUT2D eigenvalue weighted by Gasteiger charge is 2.23. The molecule has 4 saturated carbocycles. The third-order valence-electron chi connectivity index (χ3n) is 11.1. The number of hydrogen-bond acceptors (Lipinski definition) is 2. The van der Waals surface area contributed by atoms with Gasteiger partial charge >= 0.3 is 0 Å². The molecule has 0 amide bonds. The summed E-state index contributed by atoms with van der Waals surface area (Å²) in [5, 5.41) is 15.2. The van der Waals surface area contributed by atoms with Crippen molar-refractivity contribution in [3.63, 3.8) is 0 Å². The maximum Gasteiger partial charge on any atom is 0.196 e. The van der Waals surface area contributed by atoms with Crippen molar-refractivity contribution >= 4 is 23.3 Å². The molecular weight excluding hydrogens is 552 g/mol. The zero-order valence-corrected chi connectivity index (χ0v) is 27.5. The Labute approximate surface area is 271 Å². The van der Waals surface area contributed by atoms with Crippen LogP contribution < -0.4 is 21.3 Å². The van der Waals surface area contributed by atoms with E-state index < -0.39 is 0 Å². The molecule has 5 aliphatic carbocycles. The van der Waals surface area contributed by atoms with Crippen LogP contribution in [0.5, 0.6) is 0 Å². The predicted molar refractivity (Wildman–Crippen MR) is 191 cm³/mol. The normalized spacial score (nSPS) is 22.5. The minimum Gasteiger partial charge on any atom is -0.353 e. The van der Waals surface area contributed by atoms with Crippen molar-refractivity contribution in [1.82, 2.24) is 10.6 Å². The first-order valence-corrected chi connectivity index (χ1v) is 18.7. The Kier molecular flexibility index (Phi) is 10.2. The van der Waals surface area contributed by atoms with E-state index in [1.54, 1.807) is 0 Å². The van der Waals surface area contributed by atoms with Crippen LogP contribution in [0.1, 0.15) is 140 Å². The van der Waals surface area contributed by atoms with Crippen LogP contribution in [0.15, 0.2) is 46.4 Å². The summed E-state index contributed by atoms with van der Waals surface area (Å²) in [6.45, 7) is 0. The molecule has 0 aromatic heterocycles. The summed E-state index contributed by atoms with van der Waals surface area (Å²) in [6.07, 6.45) is 26.9. The molecule has 45 heavy (non-hydrogen) atoms. The van der Waals surface area contributed by atoms with Gasteiger partial charge in [-0.25, -0.2) is 9.98 Å². The lowest BCUT2D eigenvalue weighted by Gasteiger charge is -2.27. The first-order valence-electron chi connectivity index (χ1n) is 18.7. The number of guanidine groups is 2. The van der Waals surface area contributed by atoms with Crippen molar-refractivity contribution in [2.24, 2.45) is 9.98 Å². The fourth-order valence-electron chi connectivity index (χ4n) is 8.52. The van der Waals surface area contributed by atoms with E-state index >= 15 is 0 Å². The highest BCUT2D eigenvalue weighted by atomic mass is 15.2. The summed E-state index contributed by atoms with van der Waals surface area (Å²) < 4.78 is 0. The van der Waals surface area contributed by atoms with Gasteiger partial charge in [-0.1, -0.05) is 89.2 Å². The van der Waals surface area contributed by atoms with Gasteiger partial charge in [0.25, 0.3) is 0 Å². The minimum atomic E-state index is 0.445. The zero-order valence-electron chi connectivity index (χ0n) is 27.5. The molecule has 5 aliphatic rings. The summed E-state index contributed by atoms with van der Waals surface area (Å²) in [5.74, 6) is 1.98. The second-order valence-electron chi connectivity index (χ2n) is 14.7. The van der Waals surface area contributed by atoms with E-state index in [4.69, 9.17) is 9.98 Å². The molecule has 0 spiro atoms. The van der Waals surface area contributed by atoms with Crippen LogP contribution in [0, 0.1) is 0 Å². The Balaban J connectivity index is 1.05. The molecule has 2 aromatic rings. The molecule has 4 fully saturated rings. The predicted octanol–water partition coefficient (Wildman–Crippen LogP) is 9.30. The Hall–Kier alpha value is -3.02. The Morgan fingerprint density at radius 2 is 0.844 bits per heavy atom. The molecule has 0 bridgehead atoms. The number of benzene rings is 2. The van der Waals surface area contributed by atoms with Gasteiger partial charge < -0.3 is 21.3 Å². The summed E-state index contributed by atoms with van der Waals surface area (Å²) in [6, 6.07) is 15.8. The Morgan fingerprint density at radius 3 is 1.24 bits per heavy atom. The van der Waals surface area contributed by atoms with E-state index in [-0.39, 0.29) is 0 Å². The minimum absolute atomic E-state index is 0.445. The standard InChI is InChI=1S/C39H56N6/c1-5-13-30(14-6-1)40-38(41-31-15-7-2-8-16-31)44-34-21-23-36-28(26-34)25-29-27-35(22-24-37(29)36)45-39(42-32-17-9-3-10-18-32)43-33-19-11-4-12-20-33/h21-24,26-27,30-33H,1-20,25H2,(H2,40,41,44)(H2,42,43,45). The number of fused-ring (bicyclic) bond motifs is 3. The lowest BCUT2D eigenvalue weighted by atomic mass is 9.95. The molecule has 6 nitrogen and oxygen atoms in total. The molecule has 0 heterocycles. The van der Waals surface area contributed by atoms with E-state index in [0.29, 0.717) is 24.2 Å². The maximum absolute atomic E-state index is 5.25. The number of aliphatic imine (C=N–C) groups is 2. The van der Waals surface area contributed by atoms with Crippen LogP contribution in [0.25, 0.3) is 11.1 Å². The monoisotopic (exact) mass is 608 g/mol. The van der Waals surface area contributed by atoms with E-state index in [0.717, 1.165) is 29.7 Å². The van der Waals surface area contributed by atoms with Crippen molar-refractivity contribution in [3.05, 3.63) is 47.5 Å². The summed E-state index contributed by atoms with van der Waals surface area (Å²) in [7, 11) is 0. The smallest absolute Gasteiger partial charge is 0.196 e. The van der Waals surface area contributed by atoms with Gasteiger partial charge in [0.15, 0.2) is 11.9 Å². The van der Waals surface area contributed by atoms with Crippen LogP contribution in [0.3, 0.4) is 0 Å². The molecule has 0 saturated heterocycles. The van der Waals surface area contributed by atoms with E-state index in [1.807, 2.05) is 0 Å². The largest absolute Gasteiger partial charge is 0.353 e. The van der Waals surface area contributed by atoms with Gasteiger partial charge in [0.1, 0.15) is 0 Å². The number of anilines is 2. The Morgan fingerprint density at radius 1 is 0.467 bits per heavy atom. The second-order valence-corrected chi connectivity index (χ2v) is 14.7. The van der Waals surface area contributed by atoms with Gasteiger partial charge in [0.2, 0.25) is 0 Å². The second kappa shape index (κ2) is 15.0. The first kappa shape index (κ1) is 30.6. The number of nitrogens with zero attached hydrogens (tertiary/aromatic N) is 2. The van der Waals surface area contributed by atoms with Crippen LogP contribution in [-0.2, 0) is 6.42 Å². The fraction of sp³-hybridized carbons (Fsp3) is 0.641. The molecule has 6 heteroatoms. The molecule has 0 radical (unpaired) electrons. The average molecular weight is 609 g/mol. The number of nitrogens with one attached hydrogen (secondary N) is 4. The zero-order chi connectivity index (χ0) is 30.3.